The van der Waals surface area contributed by atoms with Gasteiger partial charge in [0, 0.05) is 11.8 Å². The van der Waals surface area contributed by atoms with Crippen LogP contribution in [0.3, 0.4) is 0 Å². The van der Waals surface area contributed by atoms with Crippen molar-refractivity contribution < 1.29 is 4.74 Å². The second-order valence-corrected chi connectivity index (χ2v) is 3.49. The van der Waals surface area contributed by atoms with E-state index in [0.717, 1.165) is 5.69 Å². The van der Waals surface area contributed by atoms with E-state index >= 15 is 0 Å². The highest BCUT2D eigenvalue weighted by atomic mass is 35.5. The minimum Gasteiger partial charge on any atom is -0.481 e. The molecule has 2 heterocycles. The van der Waals surface area contributed by atoms with Crippen molar-refractivity contribution in [3.05, 3.63) is 29.3 Å². The molecule has 0 unspecified atom stereocenters. The summed E-state index contributed by atoms with van der Waals surface area (Å²) in [7, 11) is 1.54. The Kier molecular flexibility index (Phi) is 2.96. The van der Waals surface area contributed by atoms with Gasteiger partial charge in [0.15, 0.2) is 5.82 Å². The third-order valence-corrected chi connectivity index (χ3v) is 2.10. The van der Waals surface area contributed by atoms with Gasteiger partial charge in [-0.15, -0.1) is 0 Å². The lowest BCUT2D eigenvalue weighted by atomic mass is 10.3. The molecule has 2 rings (SSSR count). The number of methoxy groups -OCH3 is 1. The van der Waals surface area contributed by atoms with Crippen molar-refractivity contribution in [2.75, 3.05) is 7.11 Å². The monoisotopic (exact) mass is 236 g/mol. The first-order valence-electron chi connectivity index (χ1n) is 4.56. The maximum absolute atomic E-state index is 5.85. The molecule has 0 aromatic carbocycles. The fraction of sp³-hybridized carbons (Fsp3) is 0.200. The Morgan fingerprint density at radius 3 is 2.69 bits per heavy atom. The van der Waals surface area contributed by atoms with Crippen molar-refractivity contribution >= 4 is 11.6 Å². The molecule has 0 bridgehead atoms. The molecule has 0 saturated carbocycles. The Morgan fingerprint density at radius 2 is 2.00 bits per heavy atom. The van der Waals surface area contributed by atoms with Crippen LogP contribution in [0.15, 0.2) is 18.5 Å². The second kappa shape index (κ2) is 4.40. The van der Waals surface area contributed by atoms with Crippen molar-refractivity contribution in [1.82, 2.24) is 19.9 Å². The molecule has 82 valence electrons. The van der Waals surface area contributed by atoms with E-state index in [1.54, 1.807) is 12.1 Å². The number of nitrogens with zero attached hydrogens (tertiary/aromatic N) is 4. The first-order valence-corrected chi connectivity index (χ1v) is 4.94. The van der Waals surface area contributed by atoms with Crippen LogP contribution in [0.2, 0.25) is 5.15 Å². The number of rotatable bonds is 2. The van der Waals surface area contributed by atoms with Gasteiger partial charge in [-0.1, -0.05) is 11.6 Å². The van der Waals surface area contributed by atoms with Gasteiger partial charge in [0.05, 0.1) is 7.11 Å². The number of hydrogen-bond acceptors (Lipinski definition) is 5. The maximum Gasteiger partial charge on any atom is 0.216 e. The van der Waals surface area contributed by atoms with Gasteiger partial charge in [0.2, 0.25) is 5.88 Å². The van der Waals surface area contributed by atoms with Crippen LogP contribution in [0.5, 0.6) is 5.88 Å². The number of aromatic nitrogens is 4. The predicted octanol–water partition coefficient (Wildman–Crippen LogP) is 1.90. The molecule has 0 atom stereocenters. The molecule has 0 radical (unpaired) electrons. The third kappa shape index (κ3) is 2.25. The quantitative estimate of drug-likeness (QED) is 0.746. The lowest BCUT2D eigenvalue weighted by molar-refractivity contribution is 0.397. The lowest BCUT2D eigenvalue weighted by Crippen LogP contribution is -1.96. The van der Waals surface area contributed by atoms with Gasteiger partial charge in [-0.05, 0) is 13.0 Å². The molecule has 0 saturated heterocycles. The van der Waals surface area contributed by atoms with E-state index in [0.29, 0.717) is 22.6 Å². The summed E-state index contributed by atoms with van der Waals surface area (Å²) >= 11 is 5.85. The summed E-state index contributed by atoms with van der Waals surface area (Å²) in [5.74, 6) is 0.928. The van der Waals surface area contributed by atoms with Crippen molar-refractivity contribution in [2.45, 2.75) is 6.92 Å². The van der Waals surface area contributed by atoms with Crippen molar-refractivity contribution in [1.29, 1.82) is 0 Å². The van der Waals surface area contributed by atoms with E-state index in [2.05, 4.69) is 19.9 Å². The highest BCUT2D eigenvalue weighted by molar-refractivity contribution is 6.29. The zero-order chi connectivity index (χ0) is 11.5. The Bertz CT molecular complexity index is 498. The fourth-order valence-electron chi connectivity index (χ4n) is 1.22. The Balaban J connectivity index is 2.49. The summed E-state index contributed by atoms with van der Waals surface area (Å²) in [5.41, 5.74) is 1.37. The van der Waals surface area contributed by atoms with Gasteiger partial charge in [-0.25, -0.2) is 19.9 Å². The number of halogens is 1. The summed E-state index contributed by atoms with van der Waals surface area (Å²) < 4.78 is 5.00. The van der Waals surface area contributed by atoms with Crippen LogP contribution in [0.25, 0.3) is 11.5 Å². The highest BCUT2D eigenvalue weighted by Gasteiger charge is 2.07. The van der Waals surface area contributed by atoms with Gasteiger partial charge in [0.1, 0.15) is 17.2 Å². The summed E-state index contributed by atoms with van der Waals surface area (Å²) in [4.78, 5) is 16.3. The van der Waals surface area contributed by atoms with Crippen LogP contribution in [-0.2, 0) is 0 Å². The number of ether oxygens (including phenoxy) is 1. The van der Waals surface area contributed by atoms with Crippen molar-refractivity contribution in [3.63, 3.8) is 0 Å². The molecular formula is C10H9ClN4O. The second-order valence-electron chi connectivity index (χ2n) is 3.10. The topological polar surface area (TPSA) is 60.8 Å². The highest BCUT2D eigenvalue weighted by Crippen LogP contribution is 2.18. The Hall–Kier alpha value is -1.75. The molecule has 5 nitrogen and oxygen atoms in total. The summed E-state index contributed by atoms with van der Waals surface area (Å²) in [6.07, 6.45) is 1.40. The minimum absolute atomic E-state index is 0.389. The molecule has 16 heavy (non-hydrogen) atoms. The largest absolute Gasteiger partial charge is 0.481 e. The third-order valence-electron chi connectivity index (χ3n) is 1.90. The van der Waals surface area contributed by atoms with E-state index in [4.69, 9.17) is 16.3 Å². The molecule has 0 N–H and O–H groups in total. The van der Waals surface area contributed by atoms with Gasteiger partial charge < -0.3 is 4.74 Å². The summed E-state index contributed by atoms with van der Waals surface area (Å²) in [6.45, 7) is 1.84. The number of hydrogen-bond donors (Lipinski definition) is 0. The molecule has 2 aromatic rings. The van der Waals surface area contributed by atoms with Crippen LogP contribution in [-0.4, -0.2) is 27.0 Å². The Morgan fingerprint density at radius 1 is 1.19 bits per heavy atom. The minimum atomic E-state index is 0.389. The number of aryl methyl sites for hydroxylation is 1. The molecule has 6 heteroatoms. The van der Waals surface area contributed by atoms with E-state index in [9.17, 15) is 0 Å². The molecule has 0 aliphatic rings. The zero-order valence-corrected chi connectivity index (χ0v) is 9.56. The van der Waals surface area contributed by atoms with Crippen molar-refractivity contribution in [3.8, 4) is 17.4 Å². The molecular weight excluding hydrogens is 228 g/mol. The van der Waals surface area contributed by atoms with E-state index in [1.165, 1.54) is 13.4 Å². The smallest absolute Gasteiger partial charge is 0.216 e. The Labute approximate surface area is 97.5 Å². The van der Waals surface area contributed by atoms with Gasteiger partial charge in [-0.3, -0.25) is 0 Å². The zero-order valence-electron chi connectivity index (χ0n) is 8.81. The van der Waals surface area contributed by atoms with Gasteiger partial charge >= 0.3 is 0 Å². The van der Waals surface area contributed by atoms with Crippen LogP contribution in [0.4, 0.5) is 0 Å². The standard InChI is InChI=1S/C10H9ClN4O/c1-6-3-8(11)15-10(14-6)7-4-9(16-2)13-5-12-7/h3-5H,1-2H3. The molecule has 0 aliphatic heterocycles. The molecule has 0 spiro atoms. The van der Waals surface area contributed by atoms with Gasteiger partial charge in [-0.2, -0.15) is 0 Å². The summed E-state index contributed by atoms with van der Waals surface area (Å²) in [6, 6.07) is 3.34. The van der Waals surface area contributed by atoms with Gasteiger partial charge in [0.25, 0.3) is 0 Å². The SMILES string of the molecule is COc1cc(-c2nc(C)cc(Cl)n2)ncn1. The molecule has 0 aliphatic carbocycles. The molecule has 2 aromatic heterocycles. The average molecular weight is 237 g/mol. The van der Waals surface area contributed by atoms with E-state index in [1.807, 2.05) is 6.92 Å². The van der Waals surface area contributed by atoms with E-state index < -0.39 is 0 Å². The maximum atomic E-state index is 5.85. The summed E-state index contributed by atoms with van der Waals surface area (Å²) in [5, 5.41) is 0.389. The van der Waals surface area contributed by atoms with E-state index in [-0.39, 0.29) is 0 Å². The average Bonchev–Trinajstić information content (AvgIpc) is 2.28. The predicted molar refractivity (Wildman–Crippen MR) is 59.4 cm³/mol. The normalized spacial score (nSPS) is 10.2. The fourth-order valence-corrected chi connectivity index (χ4v) is 1.46. The first kappa shape index (κ1) is 10.8. The first-order chi connectivity index (χ1) is 7.69. The van der Waals surface area contributed by atoms with Crippen molar-refractivity contribution in [2.24, 2.45) is 0 Å². The van der Waals surface area contributed by atoms with Crippen LogP contribution >= 0.6 is 11.6 Å². The molecule has 0 amide bonds. The molecule has 0 fully saturated rings. The van der Waals surface area contributed by atoms with Crippen LogP contribution in [0.1, 0.15) is 5.69 Å². The lowest BCUT2D eigenvalue weighted by Gasteiger charge is -2.02. The van der Waals surface area contributed by atoms with Crippen LogP contribution in [0, 0.1) is 6.92 Å². The van der Waals surface area contributed by atoms with Crippen LogP contribution < -0.4 is 4.74 Å².